The highest BCUT2D eigenvalue weighted by atomic mass is 35.5. The van der Waals surface area contributed by atoms with Crippen molar-refractivity contribution in [2.75, 3.05) is 19.6 Å². The van der Waals surface area contributed by atoms with E-state index in [0.717, 1.165) is 31.6 Å². The molecule has 1 amide bonds. The Balaban J connectivity index is 1.52. The molecule has 9 nitrogen and oxygen atoms in total. The van der Waals surface area contributed by atoms with Crippen LogP contribution >= 0.6 is 11.6 Å². The van der Waals surface area contributed by atoms with E-state index in [2.05, 4.69) is 22.2 Å². The van der Waals surface area contributed by atoms with E-state index >= 15 is 0 Å². The van der Waals surface area contributed by atoms with Gasteiger partial charge in [-0.2, -0.15) is 10.2 Å². The monoisotopic (exact) mass is 493 g/mol. The smallest absolute Gasteiger partial charge is 0.280 e. The van der Waals surface area contributed by atoms with Gasteiger partial charge in [0, 0.05) is 30.0 Å². The van der Waals surface area contributed by atoms with Gasteiger partial charge in [0.05, 0.1) is 11.4 Å². The fraction of sp³-hybridized carbons (Fsp3) is 0.360. The number of nitrogens with zero attached hydrogens (tertiary/aromatic N) is 6. The highest BCUT2D eigenvalue weighted by Crippen LogP contribution is 2.25. The predicted octanol–water partition coefficient (Wildman–Crippen LogP) is 2.94. The van der Waals surface area contributed by atoms with E-state index in [9.17, 15) is 9.59 Å². The van der Waals surface area contributed by atoms with Gasteiger partial charge >= 0.3 is 0 Å². The summed E-state index contributed by atoms with van der Waals surface area (Å²) in [6, 6.07) is 11.4. The minimum Gasteiger partial charge on any atom is -0.353 e. The molecule has 182 valence electrons. The maximum Gasteiger partial charge on any atom is 0.280 e. The van der Waals surface area contributed by atoms with Gasteiger partial charge in [0.1, 0.15) is 17.4 Å². The molecule has 1 aromatic carbocycles. The first-order chi connectivity index (χ1) is 17.0. The van der Waals surface area contributed by atoms with E-state index in [0.29, 0.717) is 40.0 Å². The third-order valence-electron chi connectivity index (χ3n) is 6.58. The topological polar surface area (TPSA) is 90.0 Å². The summed E-state index contributed by atoms with van der Waals surface area (Å²) in [5.41, 5.74) is 1.46. The van der Waals surface area contributed by atoms with Crippen LogP contribution in [0.2, 0.25) is 5.02 Å². The van der Waals surface area contributed by atoms with Crippen LogP contribution in [0.4, 0.5) is 0 Å². The number of carbonyl (C=O) groups excluding carboxylic acids is 1. The third-order valence-corrected chi connectivity index (χ3v) is 6.83. The minimum absolute atomic E-state index is 0.147. The van der Waals surface area contributed by atoms with Crippen LogP contribution in [0.1, 0.15) is 25.5 Å². The molecule has 0 aliphatic carbocycles. The normalized spacial score (nSPS) is 16.3. The average molecular weight is 494 g/mol. The number of aromatic nitrogens is 5. The first kappa shape index (κ1) is 23.3. The van der Waals surface area contributed by atoms with Crippen molar-refractivity contribution < 1.29 is 4.79 Å². The van der Waals surface area contributed by atoms with Crippen LogP contribution in [-0.4, -0.2) is 60.6 Å². The van der Waals surface area contributed by atoms with Gasteiger partial charge in [0.25, 0.3) is 5.56 Å². The number of rotatable bonds is 7. The molecule has 35 heavy (non-hydrogen) atoms. The number of fused-ring (bicyclic) bond motifs is 1. The Labute approximate surface area is 207 Å². The lowest BCUT2D eigenvalue weighted by Gasteiger charge is -2.22. The molecule has 1 saturated heterocycles. The fourth-order valence-corrected chi connectivity index (χ4v) is 4.94. The van der Waals surface area contributed by atoms with E-state index in [1.807, 2.05) is 41.2 Å². The van der Waals surface area contributed by atoms with Crippen LogP contribution in [0.15, 0.2) is 53.6 Å². The van der Waals surface area contributed by atoms with Crippen LogP contribution in [0.25, 0.3) is 22.4 Å². The van der Waals surface area contributed by atoms with Gasteiger partial charge in [-0.05, 0) is 69.3 Å². The quantitative estimate of drug-likeness (QED) is 0.427. The van der Waals surface area contributed by atoms with Gasteiger partial charge in [-0.25, -0.2) is 9.36 Å². The second-order valence-corrected chi connectivity index (χ2v) is 9.24. The molecular formula is C25H28ClN7O2. The lowest BCUT2D eigenvalue weighted by Crippen LogP contribution is -2.42. The molecule has 1 N–H and O–H groups in total. The molecule has 4 aromatic rings. The largest absolute Gasteiger partial charge is 0.353 e. The summed E-state index contributed by atoms with van der Waals surface area (Å²) in [6.45, 7) is 6.39. The number of amides is 1. The molecule has 4 heterocycles. The number of nitrogens with one attached hydrogen (secondary N) is 1. The van der Waals surface area contributed by atoms with E-state index in [1.54, 1.807) is 23.7 Å². The first-order valence-electron chi connectivity index (χ1n) is 11.9. The Hall–Kier alpha value is -3.43. The van der Waals surface area contributed by atoms with Gasteiger partial charge in [0.15, 0.2) is 5.82 Å². The second kappa shape index (κ2) is 9.67. The van der Waals surface area contributed by atoms with Crippen molar-refractivity contribution >= 4 is 28.4 Å². The number of benzene rings is 1. The molecule has 1 fully saturated rings. The van der Waals surface area contributed by atoms with Crippen molar-refractivity contribution in [3.8, 4) is 11.5 Å². The summed E-state index contributed by atoms with van der Waals surface area (Å²) in [4.78, 5) is 28.8. The third kappa shape index (κ3) is 4.49. The zero-order valence-corrected chi connectivity index (χ0v) is 20.6. The molecule has 1 aliphatic rings. The highest BCUT2D eigenvalue weighted by Gasteiger charge is 2.25. The number of hydrogen-bond donors (Lipinski definition) is 1. The standard InChI is InChI=1S/C25H28ClN7O2/c1-3-30-14-6-7-20(30)15-27-21(34)16-32-25(35)22-23(17(2)28-32)29-33(19-10-8-18(26)9-11-19)24(22)31-12-4-5-13-31/h4-5,8-13,20H,3,6-7,14-16H2,1-2H3,(H,27,34). The summed E-state index contributed by atoms with van der Waals surface area (Å²) in [5.74, 6) is 0.357. The molecule has 3 aromatic heterocycles. The second-order valence-electron chi connectivity index (χ2n) is 8.80. The molecule has 0 bridgehead atoms. The molecule has 10 heteroatoms. The van der Waals surface area contributed by atoms with Crippen LogP contribution < -0.4 is 10.9 Å². The molecule has 5 rings (SSSR count). The minimum atomic E-state index is -0.360. The summed E-state index contributed by atoms with van der Waals surface area (Å²) in [5, 5.41) is 13.2. The SMILES string of the molecule is CCN1CCCC1CNC(=O)Cn1nc(C)c2nn(-c3ccc(Cl)cc3)c(-n3cccc3)c2c1=O. The van der Waals surface area contributed by atoms with E-state index in [1.165, 1.54) is 4.68 Å². The molecule has 0 radical (unpaired) electrons. The lowest BCUT2D eigenvalue weighted by molar-refractivity contribution is -0.122. The van der Waals surface area contributed by atoms with Gasteiger partial charge in [-0.15, -0.1) is 0 Å². The van der Waals surface area contributed by atoms with Crippen LogP contribution in [0.5, 0.6) is 0 Å². The van der Waals surface area contributed by atoms with Crippen molar-refractivity contribution in [2.45, 2.75) is 39.3 Å². The zero-order chi connectivity index (χ0) is 24.5. The van der Waals surface area contributed by atoms with Gasteiger partial charge < -0.3 is 9.88 Å². The number of halogens is 1. The highest BCUT2D eigenvalue weighted by molar-refractivity contribution is 6.30. The predicted molar refractivity (Wildman–Crippen MR) is 135 cm³/mol. The zero-order valence-electron chi connectivity index (χ0n) is 19.8. The molecule has 0 saturated carbocycles. The van der Waals surface area contributed by atoms with Crippen LogP contribution in [0.3, 0.4) is 0 Å². The van der Waals surface area contributed by atoms with E-state index in [-0.39, 0.29) is 18.0 Å². The summed E-state index contributed by atoms with van der Waals surface area (Å²) in [6.07, 6.45) is 5.93. The number of hydrogen-bond acceptors (Lipinski definition) is 5. The van der Waals surface area contributed by atoms with Crippen molar-refractivity contribution in [1.29, 1.82) is 0 Å². The average Bonchev–Trinajstić information content (AvgIpc) is 3.60. The Morgan fingerprint density at radius 1 is 1.17 bits per heavy atom. The molecule has 1 atom stereocenters. The van der Waals surface area contributed by atoms with Crippen molar-refractivity contribution in [3.05, 3.63) is 69.9 Å². The van der Waals surface area contributed by atoms with Gasteiger partial charge in [-0.1, -0.05) is 18.5 Å². The Morgan fingerprint density at radius 2 is 1.91 bits per heavy atom. The van der Waals surface area contributed by atoms with Crippen LogP contribution in [0, 0.1) is 6.92 Å². The van der Waals surface area contributed by atoms with Crippen molar-refractivity contribution in [1.82, 2.24) is 34.3 Å². The Kier molecular flexibility index (Phi) is 6.44. The van der Waals surface area contributed by atoms with Gasteiger partial charge in [0.2, 0.25) is 5.91 Å². The Bertz CT molecular complexity index is 1410. The van der Waals surface area contributed by atoms with E-state index in [4.69, 9.17) is 16.7 Å². The number of aryl methyl sites for hydroxylation is 1. The van der Waals surface area contributed by atoms with Gasteiger partial charge in [-0.3, -0.25) is 14.5 Å². The lowest BCUT2D eigenvalue weighted by atomic mass is 10.2. The van der Waals surface area contributed by atoms with Crippen LogP contribution in [-0.2, 0) is 11.3 Å². The fourth-order valence-electron chi connectivity index (χ4n) is 4.81. The number of likely N-dealkylation sites (N-methyl/N-ethyl adjacent to an activating group) is 1. The van der Waals surface area contributed by atoms with Crippen molar-refractivity contribution in [3.63, 3.8) is 0 Å². The molecule has 1 unspecified atom stereocenters. The molecule has 1 aliphatic heterocycles. The maximum absolute atomic E-state index is 13.6. The molecular weight excluding hydrogens is 466 g/mol. The van der Waals surface area contributed by atoms with E-state index < -0.39 is 0 Å². The maximum atomic E-state index is 13.6. The number of carbonyl (C=O) groups is 1. The van der Waals surface area contributed by atoms with Crippen molar-refractivity contribution in [2.24, 2.45) is 0 Å². The first-order valence-corrected chi connectivity index (χ1v) is 12.2. The number of likely N-dealkylation sites (tertiary alicyclic amines) is 1. The molecule has 0 spiro atoms. The summed E-state index contributed by atoms with van der Waals surface area (Å²) in [7, 11) is 0. The summed E-state index contributed by atoms with van der Waals surface area (Å²) < 4.78 is 4.79. The summed E-state index contributed by atoms with van der Waals surface area (Å²) >= 11 is 6.08. The Morgan fingerprint density at radius 3 is 2.63 bits per heavy atom.